The van der Waals surface area contributed by atoms with Crippen LogP contribution in [-0.4, -0.2) is 39.0 Å². The highest BCUT2D eigenvalue weighted by Crippen LogP contribution is 2.30. The molecule has 3 rings (SSSR count). The van der Waals surface area contributed by atoms with E-state index in [2.05, 4.69) is 9.97 Å². The summed E-state index contributed by atoms with van der Waals surface area (Å²) in [6.45, 7) is 1.09. The molecule has 1 aliphatic rings. The molecule has 2 N–H and O–H groups in total. The third kappa shape index (κ3) is 3.05. The van der Waals surface area contributed by atoms with E-state index in [0.29, 0.717) is 28.5 Å². The average Bonchev–Trinajstić information content (AvgIpc) is 3.03. The molecule has 0 amide bonds. The number of thiophene rings is 1. The normalized spacial score (nSPS) is 15.1. The van der Waals surface area contributed by atoms with Crippen LogP contribution in [0.5, 0.6) is 0 Å². The third-order valence-corrected chi connectivity index (χ3v) is 4.21. The number of carbonyl (C=O) groups is 1. The molecule has 7 heteroatoms. The lowest BCUT2D eigenvalue weighted by atomic mass is 10.3. The predicted octanol–water partition coefficient (Wildman–Crippen LogP) is 1.28. The van der Waals surface area contributed by atoms with Crippen molar-refractivity contribution in [3.63, 3.8) is 0 Å². The Balaban J connectivity index is 1.80. The van der Waals surface area contributed by atoms with E-state index in [4.69, 9.17) is 5.11 Å². The number of nitrogens with zero attached hydrogens (tertiary/aromatic N) is 2. The molecular weight excluding hydrogens is 278 g/mol. The molecule has 0 radical (unpaired) electrons. The second kappa shape index (κ2) is 5.34. The van der Waals surface area contributed by atoms with Gasteiger partial charge >= 0.3 is 5.97 Å². The first-order chi connectivity index (χ1) is 9.61. The van der Waals surface area contributed by atoms with Crippen LogP contribution in [0.1, 0.15) is 18.7 Å². The van der Waals surface area contributed by atoms with Gasteiger partial charge in [0.05, 0.1) is 18.6 Å². The number of fused-ring (bicyclic) bond motifs is 1. The standard InChI is InChI=1S/C13H15N3O3S/c17-11(18)7-16(5-8-1-2-8)6-10-14-9-3-4-20-12(9)13(19)15-10/h3-4,8H,1-2,5-7H2,(H,17,18)(H,14,15,19). The number of aromatic amines is 1. The van der Waals surface area contributed by atoms with Crippen molar-refractivity contribution in [2.24, 2.45) is 5.92 Å². The van der Waals surface area contributed by atoms with Gasteiger partial charge in [-0.3, -0.25) is 14.5 Å². The second-order valence-electron chi connectivity index (χ2n) is 5.15. The van der Waals surface area contributed by atoms with E-state index in [9.17, 15) is 9.59 Å². The van der Waals surface area contributed by atoms with Gasteiger partial charge in [-0.2, -0.15) is 0 Å². The Bertz CT molecular complexity index is 689. The van der Waals surface area contributed by atoms with Crippen molar-refractivity contribution in [3.05, 3.63) is 27.6 Å². The molecule has 2 aromatic rings. The Kier molecular flexibility index (Phi) is 3.54. The first-order valence-corrected chi connectivity index (χ1v) is 7.40. The van der Waals surface area contributed by atoms with E-state index < -0.39 is 5.97 Å². The van der Waals surface area contributed by atoms with Gasteiger partial charge in [0.1, 0.15) is 10.5 Å². The van der Waals surface area contributed by atoms with Gasteiger partial charge in [0.25, 0.3) is 5.56 Å². The van der Waals surface area contributed by atoms with Gasteiger partial charge in [-0.05, 0) is 30.2 Å². The molecule has 20 heavy (non-hydrogen) atoms. The third-order valence-electron chi connectivity index (χ3n) is 3.31. The zero-order chi connectivity index (χ0) is 14.1. The summed E-state index contributed by atoms with van der Waals surface area (Å²) in [4.78, 5) is 31.8. The number of carboxylic acid groups (broad SMARTS) is 1. The van der Waals surface area contributed by atoms with Gasteiger partial charge in [0.2, 0.25) is 0 Å². The quantitative estimate of drug-likeness (QED) is 0.838. The summed E-state index contributed by atoms with van der Waals surface area (Å²) in [5, 5.41) is 10.8. The molecule has 0 bridgehead atoms. The summed E-state index contributed by atoms with van der Waals surface area (Å²) in [5.41, 5.74) is 0.525. The molecule has 106 valence electrons. The maximum atomic E-state index is 11.9. The number of aliphatic carboxylic acids is 1. The first-order valence-electron chi connectivity index (χ1n) is 6.52. The number of carboxylic acids is 1. The van der Waals surface area contributed by atoms with Crippen LogP contribution in [0.15, 0.2) is 16.2 Å². The molecular formula is C13H15N3O3S. The maximum Gasteiger partial charge on any atom is 0.317 e. The predicted molar refractivity (Wildman–Crippen MR) is 75.9 cm³/mol. The van der Waals surface area contributed by atoms with Gasteiger partial charge in [0, 0.05) is 6.54 Å². The molecule has 0 aliphatic heterocycles. The number of rotatable bonds is 6. The lowest BCUT2D eigenvalue weighted by Crippen LogP contribution is -2.32. The fourth-order valence-corrected chi connectivity index (χ4v) is 2.98. The largest absolute Gasteiger partial charge is 0.480 e. The zero-order valence-corrected chi connectivity index (χ0v) is 11.7. The van der Waals surface area contributed by atoms with Gasteiger partial charge in [-0.1, -0.05) is 0 Å². The van der Waals surface area contributed by atoms with Crippen LogP contribution < -0.4 is 5.56 Å². The van der Waals surface area contributed by atoms with Crippen molar-refractivity contribution in [2.45, 2.75) is 19.4 Å². The molecule has 2 heterocycles. The molecule has 0 spiro atoms. The van der Waals surface area contributed by atoms with Gasteiger partial charge in [-0.15, -0.1) is 11.3 Å². The number of hydrogen-bond acceptors (Lipinski definition) is 5. The van der Waals surface area contributed by atoms with Crippen molar-refractivity contribution in [3.8, 4) is 0 Å². The van der Waals surface area contributed by atoms with Gasteiger partial charge in [-0.25, -0.2) is 4.98 Å². The summed E-state index contributed by atoms with van der Waals surface area (Å²) in [7, 11) is 0. The highest BCUT2D eigenvalue weighted by Gasteiger charge is 2.25. The van der Waals surface area contributed by atoms with Crippen LogP contribution in [0.2, 0.25) is 0 Å². The fourth-order valence-electron chi connectivity index (χ4n) is 2.25. The molecule has 1 aliphatic carbocycles. The first kappa shape index (κ1) is 13.3. The van der Waals surface area contributed by atoms with E-state index in [1.54, 1.807) is 6.07 Å². The van der Waals surface area contributed by atoms with Crippen LogP contribution in [-0.2, 0) is 11.3 Å². The van der Waals surface area contributed by atoms with Gasteiger partial charge < -0.3 is 10.1 Å². The summed E-state index contributed by atoms with van der Waals surface area (Å²) in [6, 6.07) is 1.81. The average molecular weight is 293 g/mol. The smallest absolute Gasteiger partial charge is 0.317 e. The van der Waals surface area contributed by atoms with E-state index in [-0.39, 0.29) is 12.1 Å². The van der Waals surface area contributed by atoms with Crippen molar-refractivity contribution in [2.75, 3.05) is 13.1 Å². The molecule has 2 aromatic heterocycles. The maximum absolute atomic E-state index is 11.9. The molecule has 6 nitrogen and oxygen atoms in total. The molecule has 1 fully saturated rings. The van der Waals surface area contributed by atoms with E-state index in [1.807, 2.05) is 10.3 Å². The topological polar surface area (TPSA) is 86.3 Å². The Labute approximate surface area is 119 Å². The Morgan fingerprint density at radius 3 is 3.05 bits per heavy atom. The molecule has 1 saturated carbocycles. The number of nitrogens with one attached hydrogen (secondary N) is 1. The summed E-state index contributed by atoms with van der Waals surface area (Å²) < 4.78 is 0.612. The summed E-state index contributed by atoms with van der Waals surface area (Å²) in [5.74, 6) is 0.262. The van der Waals surface area contributed by atoms with E-state index in [0.717, 1.165) is 19.4 Å². The Morgan fingerprint density at radius 1 is 1.55 bits per heavy atom. The van der Waals surface area contributed by atoms with Crippen molar-refractivity contribution >= 4 is 27.5 Å². The zero-order valence-electron chi connectivity index (χ0n) is 10.8. The van der Waals surface area contributed by atoms with Crippen LogP contribution in [0.4, 0.5) is 0 Å². The minimum absolute atomic E-state index is 0.0259. The van der Waals surface area contributed by atoms with Crippen LogP contribution in [0.3, 0.4) is 0 Å². The van der Waals surface area contributed by atoms with Crippen molar-refractivity contribution in [1.29, 1.82) is 0 Å². The van der Waals surface area contributed by atoms with Crippen LogP contribution >= 0.6 is 11.3 Å². The molecule has 0 unspecified atom stereocenters. The van der Waals surface area contributed by atoms with Crippen LogP contribution in [0.25, 0.3) is 10.2 Å². The molecule has 0 atom stereocenters. The molecule has 0 saturated heterocycles. The van der Waals surface area contributed by atoms with E-state index in [1.165, 1.54) is 11.3 Å². The Morgan fingerprint density at radius 2 is 2.35 bits per heavy atom. The highest BCUT2D eigenvalue weighted by molar-refractivity contribution is 7.17. The number of hydrogen-bond donors (Lipinski definition) is 2. The lowest BCUT2D eigenvalue weighted by molar-refractivity contribution is -0.138. The Hall–Kier alpha value is -1.73. The minimum atomic E-state index is -0.857. The molecule has 0 aromatic carbocycles. The van der Waals surface area contributed by atoms with Crippen molar-refractivity contribution in [1.82, 2.24) is 14.9 Å². The number of aromatic nitrogens is 2. The summed E-state index contributed by atoms with van der Waals surface area (Å²) >= 11 is 1.36. The summed E-state index contributed by atoms with van der Waals surface area (Å²) in [6.07, 6.45) is 2.31. The highest BCUT2D eigenvalue weighted by atomic mass is 32.1. The monoisotopic (exact) mass is 293 g/mol. The fraction of sp³-hybridized carbons (Fsp3) is 0.462. The second-order valence-corrected chi connectivity index (χ2v) is 6.07. The SMILES string of the molecule is O=C(O)CN(Cc1nc2ccsc2c(=O)[nH]1)CC1CC1. The number of H-pyrrole nitrogens is 1. The van der Waals surface area contributed by atoms with Gasteiger partial charge in [0.15, 0.2) is 0 Å². The lowest BCUT2D eigenvalue weighted by Gasteiger charge is -2.19. The van der Waals surface area contributed by atoms with Crippen LogP contribution in [0, 0.1) is 5.92 Å². The minimum Gasteiger partial charge on any atom is -0.480 e. The van der Waals surface area contributed by atoms with E-state index >= 15 is 0 Å². The van der Waals surface area contributed by atoms with Crippen molar-refractivity contribution < 1.29 is 9.90 Å².